The summed E-state index contributed by atoms with van der Waals surface area (Å²) >= 11 is 1.61. The van der Waals surface area contributed by atoms with Crippen LogP contribution in [0, 0.1) is 5.41 Å². The van der Waals surface area contributed by atoms with Crippen LogP contribution in [0.5, 0.6) is 0 Å². The number of benzene rings is 1. The van der Waals surface area contributed by atoms with Gasteiger partial charge in [0, 0.05) is 5.57 Å². The third-order valence-electron chi connectivity index (χ3n) is 3.41. The van der Waals surface area contributed by atoms with E-state index in [9.17, 15) is 4.79 Å². The predicted octanol–water partition coefficient (Wildman–Crippen LogP) is 4.23. The molecule has 3 rings (SSSR count). The van der Waals surface area contributed by atoms with E-state index in [0.29, 0.717) is 5.57 Å². The van der Waals surface area contributed by atoms with E-state index in [-0.39, 0.29) is 11.2 Å². The molecule has 2 nitrogen and oxygen atoms in total. The van der Waals surface area contributed by atoms with Crippen molar-refractivity contribution in [3.8, 4) is 0 Å². The lowest BCUT2D eigenvalue weighted by Gasteiger charge is -2.28. The lowest BCUT2D eigenvalue weighted by molar-refractivity contribution is -0.111. The van der Waals surface area contributed by atoms with E-state index in [4.69, 9.17) is 0 Å². The molecule has 1 aliphatic carbocycles. The second-order valence-corrected chi connectivity index (χ2v) is 6.58. The van der Waals surface area contributed by atoms with Gasteiger partial charge in [-0.1, -0.05) is 32.6 Å². The van der Waals surface area contributed by atoms with Gasteiger partial charge in [-0.25, -0.2) is 4.98 Å². The summed E-state index contributed by atoms with van der Waals surface area (Å²) < 4.78 is 1.14. The third-order valence-corrected chi connectivity index (χ3v) is 4.22. The normalized spacial score (nSPS) is 18.7. The number of rotatable bonds is 1. The van der Waals surface area contributed by atoms with E-state index in [0.717, 1.165) is 27.8 Å². The van der Waals surface area contributed by atoms with Gasteiger partial charge in [0.1, 0.15) is 0 Å². The molecule has 19 heavy (non-hydrogen) atoms. The van der Waals surface area contributed by atoms with Crippen LogP contribution in [0.15, 0.2) is 41.9 Å². The van der Waals surface area contributed by atoms with Crippen LogP contribution >= 0.6 is 11.3 Å². The Morgan fingerprint density at radius 2 is 2.16 bits per heavy atom. The summed E-state index contributed by atoms with van der Waals surface area (Å²) in [5.41, 5.74) is 5.16. The molecule has 0 N–H and O–H groups in total. The summed E-state index contributed by atoms with van der Waals surface area (Å²) in [7, 11) is 0. The Hall–Kier alpha value is -1.74. The predicted molar refractivity (Wildman–Crippen MR) is 80.1 cm³/mol. The van der Waals surface area contributed by atoms with Gasteiger partial charge in [-0.05, 0) is 35.1 Å². The Morgan fingerprint density at radius 1 is 1.37 bits per heavy atom. The number of fused-ring (bicyclic) bond motifs is 1. The standard InChI is InChI=1S/C16H15NOS/c1-10-7-16(2,3)8-12(15(10)18)11-4-5-14-13(6-11)17-9-19-14/h4-6,8-9H,1,7H2,2-3H3. The summed E-state index contributed by atoms with van der Waals surface area (Å²) in [6.45, 7) is 8.18. The molecule has 2 aromatic rings. The lowest BCUT2D eigenvalue weighted by Crippen LogP contribution is -2.21. The Morgan fingerprint density at radius 3 is 2.95 bits per heavy atom. The second-order valence-electron chi connectivity index (χ2n) is 5.69. The first-order valence-corrected chi connectivity index (χ1v) is 7.13. The van der Waals surface area contributed by atoms with Crippen LogP contribution in [0.25, 0.3) is 15.8 Å². The molecule has 3 heteroatoms. The summed E-state index contributed by atoms with van der Waals surface area (Å²) in [5, 5.41) is 0. The number of allylic oxidation sites excluding steroid dienone is 3. The van der Waals surface area contributed by atoms with Crippen LogP contribution in [0.4, 0.5) is 0 Å². The number of carbonyl (C=O) groups is 1. The summed E-state index contributed by atoms with van der Waals surface area (Å²) in [5.74, 6) is 0.0638. The summed E-state index contributed by atoms with van der Waals surface area (Å²) in [4.78, 5) is 16.6. The van der Waals surface area contributed by atoms with Crippen molar-refractivity contribution in [1.82, 2.24) is 4.98 Å². The van der Waals surface area contributed by atoms with Crippen LogP contribution in [0.1, 0.15) is 25.8 Å². The quantitative estimate of drug-likeness (QED) is 0.725. The number of ketones is 1. The SMILES string of the molecule is C=C1CC(C)(C)C=C(c2ccc3scnc3c2)C1=O. The molecule has 0 radical (unpaired) electrons. The maximum Gasteiger partial charge on any atom is 0.188 e. The minimum Gasteiger partial charge on any atom is -0.289 e. The molecule has 0 amide bonds. The van der Waals surface area contributed by atoms with E-state index < -0.39 is 0 Å². The zero-order chi connectivity index (χ0) is 13.6. The van der Waals surface area contributed by atoms with Crippen LogP contribution in [-0.4, -0.2) is 10.8 Å². The molecule has 96 valence electrons. The third kappa shape index (κ3) is 2.15. The smallest absolute Gasteiger partial charge is 0.188 e. The topological polar surface area (TPSA) is 30.0 Å². The number of hydrogen-bond donors (Lipinski definition) is 0. The zero-order valence-electron chi connectivity index (χ0n) is 11.1. The minimum absolute atomic E-state index is 0.0165. The first-order chi connectivity index (χ1) is 8.96. The number of Topliss-reactive ketones (excluding diaryl/α,β-unsaturated/α-hetero) is 1. The Bertz CT molecular complexity index is 721. The van der Waals surface area contributed by atoms with Crippen molar-refractivity contribution in [3.05, 3.63) is 47.5 Å². The van der Waals surface area contributed by atoms with Gasteiger partial charge in [-0.15, -0.1) is 11.3 Å². The first kappa shape index (κ1) is 12.3. The molecule has 1 heterocycles. The molecule has 0 unspecified atom stereocenters. The van der Waals surface area contributed by atoms with Crippen LogP contribution in [0.3, 0.4) is 0 Å². The summed E-state index contributed by atoms with van der Waals surface area (Å²) in [6.07, 6.45) is 2.80. The first-order valence-electron chi connectivity index (χ1n) is 6.25. The van der Waals surface area contributed by atoms with Gasteiger partial charge in [0.15, 0.2) is 5.78 Å². The fourth-order valence-corrected chi connectivity index (χ4v) is 3.23. The second kappa shape index (κ2) is 4.14. The number of nitrogens with zero attached hydrogens (tertiary/aromatic N) is 1. The molecule has 0 aliphatic heterocycles. The summed E-state index contributed by atoms with van der Waals surface area (Å²) in [6, 6.07) is 6.02. The number of aromatic nitrogens is 1. The lowest BCUT2D eigenvalue weighted by atomic mass is 9.75. The molecule has 0 saturated carbocycles. The van der Waals surface area contributed by atoms with Crippen molar-refractivity contribution >= 4 is 32.9 Å². The van der Waals surface area contributed by atoms with Crippen molar-refractivity contribution < 1.29 is 4.79 Å². The highest BCUT2D eigenvalue weighted by Crippen LogP contribution is 2.38. The molecule has 0 saturated heterocycles. The highest BCUT2D eigenvalue weighted by molar-refractivity contribution is 7.16. The molecule has 0 fully saturated rings. The van der Waals surface area contributed by atoms with Gasteiger partial charge in [0.25, 0.3) is 0 Å². The van der Waals surface area contributed by atoms with Gasteiger partial charge >= 0.3 is 0 Å². The average Bonchev–Trinajstić information content (AvgIpc) is 2.80. The number of thiazole rings is 1. The number of hydrogen-bond acceptors (Lipinski definition) is 3. The van der Waals surface area contributed by atoms with Crippen molar-refractivity contribution in [1.29, 1.82) is 0 Å². The van der Waals surface area contributed by atoms with E-state index in [1.54, 1.807) is 11.3 Å². The molecule has 1 aliphatic rings. The van der Waals surface area contributed by atoms with Gasteiger partial charge in [-0.2, -0.15) is 0 Å². The zero-order valence-corrected chi connectivity index (χ0v) is 11.9. The monoisotopic (exact) mass is 269 g/mol. The number of carbonyl (C=O) groups excluding carboxylic acids is 1. The van der Waals surface area contributed by atoms with E-state index in [1.165, 1.54) is 0 Å². The molecular weight excluding hydrogens is 254 g/mol. The highest BCUT2D eigenvalue weighted by atomic mass is 32.1. The van der Waals surface area contributed by atoms with Crippen molar-refractivity contribution in [2.75, 3.05) is 0 Å². The van der Waals surface area contributed by atoms with E-state index >= 15 is 0 Å². The minimum atomic E-state index is -0.0165. The van der Waals surface area contributed by atoms with E-state index in [1.807, 2.05) is 23.7 Å². The maximum absolute atomic E-state index is 12.3. The Kier molecular flexibility index (Phi) is 2.68. The van der Waals surface area contributed by atoms with Crippen LogP contribution in [-0.2, 0) is 4.79 Å². The van der Waals surface area contributed by atoms with Crippen LogP contribution < -0.4 is 0 Å². The molecule has 1 aromatic heterocycles. The van der Waals surface area contributed by atoms with Crippen molar-refractivity contribution in [3.63, 3.8) is 0 Å². The Balaban J connectivity index is 2.15. The van der Waals surface area contributed by atoms with Crippen molar-refractivity contribution in [2.24, 2.45) is 5.41 Å². The molecular formula is C16H15NOS. The van der Waals surface area contributed by atoms with Gasteiger partial charge in [-0.3, -0.25) is 4.79 Å². The van der Waals surface area contributed by atoms with Crippen molar-refractivity contribution in [2.45, 2.75) is 20.3 Å². The van der Waals surface area contributed by atoms with E-state index in [2.05, 4.69) is 31.5 Å². The van der Waals surface area contributed by atoms with Gasteiger partial charge < -0.3 is 0 Å². The molecule has 0 spiro atoms. The fourth-order valence-electron chi connectivity index (χ4n) is 2.57. The average molecular weight is 269 g/mol. The highest BCUT2D eigenvalue weighted by Gasteiger charge is 2.29. The maximum atomic E-state index is 12.3. The Labute approximate surface area is 116 Å². The molecule has 1 aromatic carbocycles. The van der Waals surface area contributed by atoms with Gasteiger partial charge in [0.05, 0.1) is 15.7 Å². The fraction of sp³-hybridized carbons (Fsp3) is 0.250. The van der Waals surface area contributed by atoms with Crippen LogP contribution in [0.2, 0.25) is 0 Å². The molecule has 0 bridgehead atoms. The van der Waals surface area contributed by atoms with Gasteiger partial charge in [0.2, 0.25) is 0 Å². The largest absolute Gasteiger partial charge is 0.289 e. The molecule has 0 atom stereocenters.